The number of hydrogen-bond acceptors (Lipinski definition) is 9. The topological polar surface area (TPSA) is 83.1 Å². The highest BCUT2D eigenvalue weighted by Gasteiger charge is 2.51. The van der Waals surface area contributed by atoms with E-state index in [2.05, 4.69) is 72.8 Å². The summed E-state index contributed by atoms with van der Waals surface area (Å²) < 4.78 is 61.5. The van der Waals surface area contributed by atoms with Crippen molar-refractivity contribution in [2.45, 2.75) is 108 Å². The first-order chi connectivity index (χ1) is 32.7. The van der Waals surface area contributed by atoms with Crippen LogP contribution in [0.3, 0.4) is 0 Å². The van der Waals surface area contributed by atoms with Gasteiger partial charge in [-0.05, 0) is 52.6 Å². The molecular weight excluding hydrogens is 829 g/mol. The molecule has 0 unspecified atom stereocenters. The van der Waals surface area contributed by atoms with Gasteiger partial charge in [-0.25, -0.2) is 0 Å². The molecule has 9 heteroatoms. The zero-order valence-electron chi connectivity index (χ0n) is 38.0. The van der Waals surface area contributed by atoms with E-state index in [4.69, 9.17) is 42.6 Å². The van der Waals surface area contributed by atoms with Gasteiger partial charge >= 0.3 is 0 Å². The number of hydrogen-bond donors (Lipinski definition) is 0. The van der Waals surface area contributed by atoms with E-state index >= 15 is 0 Å². The van der Waals surface area contributed by atoms with Crippen LogP contribution in [0, 0.1) is 5.92 Å². The van der Waals surface area contributed by atoms with Gasteiger partial charge in [0.1, 0.15) is 30.5 Å². The molecule has 0 aliphatic carbocycles. The van der Waals surface area contributed by atoms with E-state index in [1.165, 1.54) is 0 Å². The molecule has 0 amide bonds. The first kappa shape index (κ1) is 47.5. The van der Waals surface area contributed by atoms with Gasteiger partial charge in [-0.1, -0.05) is 182 Å². The summed E-state index contributed by atoms with van der Waals surface area (Å²) in [6.07, 6.45) is -2.70. The summed E-state index contributed by atoms with van der Waals surface area (Å²) in [5.74, 6) is -0.0837. The number of ether oxygens (including phenoxy) is 9. The molecule has 0 aromatic heterocycles. The molecule has 2 aliphatic rings. The van der Waals surface area contributed by atoms with Gasteiger partial charge in [0, 0.05) is 13.0 Å². The zero-order valence-corrected chi connectivity index (χ0v) is 38.0. The van der Waals surface area contributed by atoms with Crippen LogP contribution >= 0.6 is 0 Å². The smallest absolute Gasteiger partial charge is 0.158 e. The van der Waals surface area contributed by atoms with Gasteiger partial charge in [-0.2, -0.15) is 0 Å². The molecule has 8 rings (SSSR count). The van der Waals surface area contributed by atoms with Crippen molar-refractivity contribution in [3.63, 3.8) is 0 Å². The lowest BCUT2D eigenvalue weighted by Crippen LogP contribution is -2.62. The average Bonchev–Trinajstić information content (AvgIpc) is 3.37. The lowest BCUT2D eigenvalue weighted by Gasteiger charge is -2.49. The third-order valence-electron chi connectivity index (χ3n) is 12.2. The van der Waals surface area contributed by atoms with Crippen LogP contribution in [0.25, 0.3) is 0 Å². The number of benzene rings is 6. The van der Waals surface area contributed by atoms with Gasteiger partial charge < -0.3 is 42.6 Å². The van der Waals surface area contributed by atoms with Crippen molar-refractivity contribution in [3.8, 4) is 0 Å². The highest BCUT2D eigenvalue weighted by atomic mass is 16.7. The molecule has 66 heavy (non-hydrogen) atoms. The SMILES string of the molecule is CCO[C@H]1C[C@@H](C[C@H]2O[C@H](COCc3ccccc3)[C@@H](OCc3ccccc3)[C@H](OCc3ccccc3)[C@H]2OCc2ccccc2)[C@H](OCc2ccccc2)[C@@H](COCc2ccccc2)O1. The van der Waals surface area contributed by atoms with Gasteiger partial charge in [-0.15, -0.1) is 0 Å². The van der Waals surface area contributed by atoms with Gasteiger partial charge in [-0.3, -0.25) is 0 Å². The minimum Gasteiger partial charge on any atom is -0.374 e. The van der Waals surface area contributed by atoms with E-state index in [1.54, 1.807) is 0 Å². The molecule has 0 saturated carbocycles. The molecule has 6 aromatic rings. The van der Waals surface area contributed by atoms with Crippen LogP contribution in [-0.4, -0.2) is 68.8 Å². The largest absolute Gasteiger partial charge is 0.374 e. The van der Waals surface area contributed by atoms with Crippen molar-refractivity contribution in [2.24, 2.45) is 5.92 Å². The van der Waals surface area contributed by atoms with Gasteiger partial charge in [0.05, 0.1) is 65.1 Å². The maximum atomic E-state index is 7.37. The Kier molecular flexibility index (Phi) is 18.5. The quantitative estimate of drug-likeness (QED) is 0.0590. The fourth-order valence-corrected chi connectivity index (χ4v) is 8.92. The third kappa shape index (κ3) is 14.2. The van der Waals surface area contributed by atoms with E-state index < -0.39 is 42.9 Å². The molecule has 9 nitrogen and oxygen atoms in total. The van der Waals surface area contributed by atoms with Crippen molar-refractivity contribution < 1.29 is 42.6 Å². The zero-order chi connectivity index (χ0) is 45.0. The van der Waals surface area contributed by atoms with Crippen LogP contribution in [0.1, 0.15) is 53.1 Å². The third-order valence-corrected chi connectivity index (χ3v) is 12.2. The van der Waals surface area contributed by atoms with Crippen LogP contribution in [-0.2, 0) is 82.3 Å². The van der Waals surface area contributed by atoms with E-state index in [0.717, 1.165) is 33.4 Å². The van der Waals surface area contributed by atoms with Crippen LogP contribution in [0.15, 0.2) is 182 Å². The number of rotatable bonds is 24. The van der Waals surface area contributed by atoms with Crippen LogP contribution in [0.5, 0.6) is 0 Å². The monoisotopic (exact) mass is 892 g/mol. The van der Waals surface area contributed by atoms with Crippen molar-refractivity contribution in [2.75, 3.05) is 19.8 Å². The second kappa shape index (κ2) is 25.8. The molecule has 0 bridgehead atoms. The Morgan fingerprint density at radius 3 is 1.09 bits per heavy atom. The predicted octanol–water partition coefficient (Wildman–Crippen LogP) is 10.7. The Morgan fingerprint density at radius 2 is 0.697 bits per heavy atom. The Bertz CT molecular complexity index is 2200. The highest BCUT2D eigenvalue weighted by molar-refractivity contribution is 5.18. The molecule has 2 aliphatic heterocycles. The molecule has 346 valence electrons. The first-order valence-corrected chi connectivity index (χ1v) is 23.5. The molecule has 6 aromatic carbocycles. The van der Waals surface area contributed by atoms with Gasteiger partial charge in [0.15, 0.2) is 6.29 Å². The molecule has 2 fully saturated rings. The second-order valence-electron chi connectivity index (χ2n) is 17.1. The molecule has 2 heterocycles. The van der Waals surface area contributed by atoms with Crippen molar-refractivity contribution in [3.05, 3.63) is 215 Å². The van der Waals surface area contributed by atoms with Crippen LogP contribution in [0.4, 0.5) is 0 Å². The Balaban J connectivity index is 1.13. The minimum absolute atomic E-state index is 0.0837. The van der Waals surface area contributed by atoms with Crippen molar-refractivity contribution >= 4 is 0 Å². The standard InChI is InChI=1S/C57H64O9/c1-2-60-53-34-49(54(61-37-45-25-13-5-14-26-45)51(66-53)41-58-35-43-21-9-3-10-22-43)33-50-55(62-38-46-27-15-6-16-28-46)57(64-40-48-31-19-8-20-32-48)56(63-39-47-29-17-7-18-30-47)52(65-50)42-59-36-44-23-11-4-12-24-44/h3-32,49-57H,2,33-42H2,1H3/t49-,50-,51-,52-,53-,54+,55+,56-,57-/m1/s1. The predicted molar refractivity (Wildman–Crippen MR) is 254 cm³/mol. The summed E-state index contributed by atoms with van der Waals surface area (Å²) in [7, 11) is 0. The summed E-state index contributed by atoms with van der Waals surface area (Å²) in [6.45, 7) is 5.47. The maximum absolute atomic E-state index is 7.37. The highest BCUT2D eigenvalue weighted by Crippen LogP contribution is 2.39. The molecule has 9 atom stereocenters. The molecular formula is C57H64O9. The Hall–Kier alpha value is -5.04. The average molecular weight is 893 g/mol. The Labute approximate surface area is 390 Å². The second-order valence-corrected chi connectivity index (χ2v) is 17.1. The van der Waals surface area contributed by atoms with Crippen molar-refractivity contribution in [1.82, 2.24) is 0 Å². The molecule has 2 saturated heterocycles. The molecule has 0 spiro atoms. The lowest BCUT2D eigenvalue weighted by atomic mass is 9.82. The molecule has 0 N–H and O–H groups in total. The summed E-state index contributed by atoms with van der Waals surface area (Å²) >= 11 is 0. The minimum atomic E-state index is -0.545. The van der Waals surface area contributed by atoms with Crippen LogP contribution in [0.2, 0.25) is 0 Å². The summed E-state index contributed by atoms with van der Waals surface area (Å²) in [5.41, 5.74) is 6.40. The maximum Gasteiger partial charge on any atom is 0.158 e. The van der Waals surface area contributed by atoms with E-state index in [9.17, 15) is 0 Å². The Morgan fingerprint density at radius 1 is 0.364 bits per heavy atom. The normalized spacial score (nSPS) is 24.2. The fraction of sp³-hybridized carbons (Fsp3) is 0.368. The molecule has 0 radical (unpaired) electrons. The van der Waals surface area contributed by atoms with Crippen molar-refractivity contribution in [1.29, 1.82) is 0 Å². The summed E-state index contributed by atoms with van der Waals surface area (Å²) in [5, 5.41) is 0. The van der Waals surface area contributed by atoms with E-state index in [1.807, 2.05) is 116 Å². The van der Waals surface area contributed by atoms with Gasteiger partial charge in [0.2, 0.25) is 0 Å². The van der Waals surface area contributed by atoms with E-state index in [0.29, 0.717) is 65.7 Å². The van der Waals surface area contributed by atoms with Crippen LogP contribution < -0.4 is 0 Å². The van der Waals surface area contributed by atoms with E-state index in [-0.39, 0.29) is 18.6 Å². The summed E-state index contributed by atoms with van der Waals surface area (Å²) in [6, 6.07) is 61.4. The fourth-order valence-electron chi connectivity index (χ4n) is 8.92. The summed E-state index contributed by atoms with van der Waals surface area (Å²) in [4.78, 5) is 0. The van der Waals surface area contributed by atoms with Gasteiger partial charge in [0.25, 0.3) is 0 Å². The lowest BCUT2D eigenvalue weighted by molar-refractivity contribution is -0.288. The first-order valence-electron chi connectivity index (χ1n) is 23.5.